The number of hydrogen-bond acceptors (Lipinski definition) is 4. The summed E-state index contributed by atoms with van der Waals surface area (Å²) in [5.74, 6) is 0.220. The molecule has 1 aromatic rings. The Morgan fingerprint density at radius 2 is 2.33 bits per heavy atom. The lowest BCUT2D eigenvalue weighted by molar-refractivity contribution is 0.112. The molecule has 0 fully saturated rings. The van der Waals surface area contributed by atoms with Crippen LogP contribution in [0.4, 0.5) is 0 Å². The molecular formula is C12H13N3O3. The molecule has 94 valence electrons. The van der Waals surface area contributed by atoms with Crippen LogP contribution in [0, 0.1) is 0 Å². The summed E-state index contributed by atoms with van der Waals surface area (Å²) in [6.45, 7) is 0.346. The molecule has 0 unspecified atom stereocenters. The second kappa shape index (κ2) is 6.98. The number of methoxy groups -OCH3 is 1. The maximum absolute atomic E-state index is 10.7. The maximum atomic E-state index is 10.7. The first-order chi connectivity index (χ1) is 8.72. The zero-order chi connectivity index (χ0) is 13.4. The van der Waals surface area contributed by atoms with E-state index in [2.05, 4.69) is 10.0 Å². The van der Waals surface area contributed by atoms with E-state index in [1.807, 2.05) is 0 Å². The molecule has 0 aromatic heterocycles. The fraction of sp³-hybridized carbons (Fsp3) is 0.250. The normalized spacial score (nSPS) is 10.1. The van der Waals surface area contributed by atoms with Gasteiger partial charge in [-0.05, 0) is 24.1 Å². The number of benzene rings is 1. The molecule has 0 saturated heterocycles. The van der Waals surface area contributed by atoms with Gasteiger partial charge in [0.15, 0.2) is 11.5 Å². The van der Waals surface area contributed by atoms with E-state index in [1.54, 1.807) is 18.2 Å². The van der Waals surface area contributed by atoms with E-state index in [0.29, 0.717) is 30.4 Å². The van der Waals surface area contributed by atoms with Crippen LogP contribution in [0.5, 0.6) is 11.5 Å². The Labute approximate surface area is 104 Å². The average Bonchev–Trinajstić information content (AvgIpc) is 2.40. The van der Waals surface area contributed by atoms with E-state index in [0.717, 1.165) is 0 Å². The number of carbonyl (C=O) groups excluding carboxylic acids is 1. The fourth-order valence-corrected chi connectivity index (χ4v) is 1.39. The van der Waals surface area contributed by atoms with Gasteiger partial charge in [-0.2, -0.15) is 0 Å². The van der Waals surface area contributed by atoms with Crippen LogP contribution < -0.4 is 4.74 Å². The van der Waals surface area contributed by atoms with Crippen LogP contribution in [-0.4, -0.2) is 25.0 Å². The molecule has 0 saturated carbocycles. The lowest BCUT2D eigenvalue weighted by atomic mass is 10.1. The van der Waals surface area contributed by atoms with Gasteiger partial charge >= 0.3 is 0 Å². The Hall–Kier alpha value is -2.46. The Bertz CT molecular complexity index is 506. The van der Waals surface area contributed by atoms with Gasteiger partial charge in [-0.1, -0.05) is 17.3 Å². The number of aldehydes is 1. The molecule has 0 bridgehead atoms. The second-order valence-corrected chi connectivity index (χ2v) is 3.42. The van der Waals surface area contributed by atoms with Crippen molar-refractivity contribution in [1.29, 1.82) is 0 Å². The van der Waals surface area contributed by atoms with E-state index in [-0.39, 0.29) is 11.5 Å². The SMILES string of the molecule is COc1cc(C=O)cc(C=CCCN=[N+]=[N-])c1O. The average molecular weight is 247 g/mol. The van der Waals surface area contributed by atoms with Crippen LogP contribution in [0.3, 0.4) is 0 Å². The van der Waals surface area contributed by atoms with Crippen molar-refractivity contribution in [3.05, 3.63) is 39.8 Å². The summed E-state index contributed by atoms with van der Waals surface area (Å²) in [5, 5.41) is 13.2. The molecule has 0 amide bonds. The van der Waals surface area contributed by atoms with Crippen molar-refractivity contribution in [3.63, 3.8) is 0 Å². The first-order valence-electron chi connectivity index (χ1n) is 5.26. The van der Waals surface area contributed by atoms with E-state index < -0.39 is 0 Å². The first kappa shape index (κ1) is 13.6. The molecule has 6 heteroatoms. The molecule has 1 N–H and O–H groups in total. The Kier molecular flexibility index (Phi) is 5.28. The summed E-state index contributed by atoms with van der Waals surface area (Å²) in [6.07, 6.45) is 4.63. The Balaban J connectivity index is 2.93. The van der Waals surface area contributed by atoms with Gasteiger partial charge in [0.1, 0.15) is 6.29 Å². The number of nitrogens with zero attached hydrogens (tertiary/aromatic N) is 3. The molecule has 0 heterocycles. The molecular weight excluding hydrogens is 234 g/mol. The highest BCUT2D eigenvalue weighted by molar-refractivity contribution is 5.79. The molecule has 0 aliphatic heterocycles. The van der Waals surface area contributed by atoms with Crippen LogP contribution >= 0.6 is 0 Å². The highest BCUT2D eigenvalue weighted by Gasteiger charge is 2.07. The zero-order valence-corrected chi connectivity index (χ0v) is 9.91. The summed E-state index contributed by atoms with van der Waals surface area (Å²) < 4.78 is 4.96. The Morgan fingerprint density at radius 1 is 1.56 bits per heavy atom. The number of azide groups is 1. The molecule has 18 heavy (non-hydrogen) atoms. The van der Waals surface area contributed by atoms with Gasteiger partial charge in [-0.25, -0.2) is 0 Å². The van der Waals surface area contributed by atoms with Gasteiger partial charge in [0.05, 0.1) is 7.11 Å². The summed E-state index contributed by atoms with van der Waals surface area (Å²) in [6, 6.07) is 3.01. The third kappa shape index (κ3) is 3.54. The number of carbonyl (C=O) groups is 1. The van der Waals surface area contributed by atoms with Crippen molar-refractivity contribution >= 4 is 12.4 Å². The third-order valence-electron chi connectivity index (χ3n) is 2.24. The summed E-state index contributed by atoms with van der Waals surface area (Å²) in [5.41, 5.74) is 9.00. The monoisotopic (exact) mass is 247 g/mol. The molecule has 1 rings (SSSR count). The third-order valence-corrected chi connectivity index (χ3v) is 2.24. The van der Waals surface area contributed by atoms with Crippen molar-refractivity contribution < 1.29 is 14.6 Å². The van der Waals surface area contributed by atoms with Crippen molar-refractivity contribution in [3.8, 4) is 11.5 Å². The van der Waals surface area contributed by atoms with Crippen LogP contribution in [0.25, 0.3) is 16.5 Å². The van der Waals surface area contributed by atoms with Crippen molar-refractivity contribution in [2.45, 2.75) is 6.42 Å². The fourth-order valence-electron chi connectivity index (χ4n) is 1.39. The number of phenolic OH excluding ortho intramolecular Hbond substituents is 1. The standard InChI is InChI=1S/C12H13N3O3/c1-18-11-7-9(8-16)6-10(12(11)17)4-2-3-5-14-15-13/h2,4,6-8,17H,3,5H2,1H3. The van der Waals surface area contributed by atoms with Gasteiger partial charge < -0.3 is 9.84 Å². The molecule has 0 aliphatic rings. The van der Waals surface area contributed by atoms with Crippen molar-refractivity contribution in [2.75, 3.05) is 13.7 Å². The second-order valence-electron chi connectivity index (χ2n) is 3.42. The molecule has 0 radical (unpaired) electrons. The van der Waals surface area contributed by atoms with Crippen LogP contribution in [0.2, 0.25) is 0 Å². The van der Waals surface area contributed by atoms with Crippen LogP contribution in [0.1, 0.15) is 22.3 Å². The minimum Gasteiger partial charge on any atom is -0.504 e. The highest BCUT2D eigenvalue weighted by Crippen LogP contribution is 2.31. The van der Waals surface area contributed by atoms with E-state index >= 15 is 0 Å². The van der Waals surface area contributed by atoms with E-state index in [4.69, 9.17) is 10.3 Å². The van der Waals surface area contributed by atoms with Gasteiger partial charge in [0, 0.05) is 22.6 Å². The Morgan fingerprint density at radius 3 is 2.94 bits per heavy atom. The number of aromatic hydroxyl groups is 1. The number of rotatable bonds is 6. The molecule has 0 atom stereocenters. The lowest BCUT2D eigenvalue weighted by Crippen LogP contribution is -1.90. The molecule has 1 aromatic carbocycles. The number of phenols is 1. The van der Waals surface area contributed by atoms with E-state index in [1.165, 1.54) is 13.2 Å². The van der Waals surface area contributed by atoms with Crippen molar-refractivity contribution in [2.24, 2.45) is 5.11 Å². The molecule has 0 aliphatic carbocycles. The smallest absolute Gasteiger partial charge is 0.165 e. The zero-order valence-electron chi connectivity index (χ0n) is 9.91. The summed E-state index contributed by atoms with van der Waals surface area (Å²) in [7, 11) is 1.42. The predicted octanol–water partition coefficient (Wildman–Crippen LogP) is 2.93. The highest BCUT2D eigenvalue weighted by atomic mass is 16.5. The van der Waals surface area contributed by atoms with Gasteiger partial charge in [-0.3, -0.25) is 4.79 Å². The van der Waals surface area contributed by atoms with Gasteiger partial charge in [-0.15, -0.1) is 0 Å². The quantitative estimate of drug-likeness (QED) is 0.275. The topological polar surface area (TPSA) is 95.3 Å². The summed E-state index contributed by atoms with van der Waals surface area (Å²) >= 11 is 0. The van der Waals surface area contributed by atoms with Crippen LogP contribution in [-0.2, 0) is 0 Å². The molecule has 0 spiro atoms. The van der Waals surface area contributed by atoms with Crippen molar-refractivity contribution in [1.82, 2.24) is 0 Å². The minimum absolute atomic E-state index is 0.0249. The molecule has 6 nitrogen and oxygen atoms in total. The van der Waals surface area contributed by atoms with Crippen LogP contribution in [0.15, 0.2) is 23.3 Å². The van der Waals surface area contributed by atoms with E-state index in [9.17, 15) is 9.90 Å². The van der Waals surface area contributed by atoms with Gasteiger partial charge in [0.2, 0.25) is 0 Å². The number of ether oxygens (including phenoxy) is 1. The maximum Gasteiger partial charge on any atom is 0.165 e. The predicted molar refractivity (Wildman–Crippen MR) is 67.7 cm³/mol. The lowest BCUT2D eigenvalue weighted by Gasteiger charge is -2.07. The largest absolute Gasteiger partial charge is 0.504 e. The number of hydrogen-bond donors (Lipinski definition) is 1. The first-order valence-corrected chi connectivity index (χ1v) is 5.26. The summed E-state index contributed by atoms with van der Waals surface area (Å²) in [4.78, 5) is 13.4. The van der Waals surface area contributed by atoms with Gasteiger partial charge in [0.25, 0.3) is 0 Å². The minimum atomic E-state index is -0.0249.